The van der Waals surface area contributed by atoms with Crippen molar-refractivity contribution < 1.29 is 5.11 Å². The van der Waals surface area contributed by atoms with E-state index in [0.29, 0.717) is 6.54 Å². The Bertz CT molecular complexity index is 288. The van der Waals surface area contributed by atoms with Crippen LogP contribution in [0.15, 0.2) is 24.3 Å². The van der Waals surface area contributed by atoms with Crippen LogP contribution in [0.5, 0.6) is 0 Å². The average Bonchev–Trinajstić information content (AvgIpc) is 2.15. The number of halogens is 1. The lowest BCUT2D eigenvalue weighted by Crippen LogP contribution is -2.30. The lowest BCUT2D eigenvalue weighted by atomic mass is 10.2. The van der Waals surface area contributed by atoms with E-state index in [1.807, 2.05) is 31.2 Å². The number of rotatable bonds is 4. The summed E-state index contributed by atoms with van der Waals surface area (Å²) in [4.78, 5) is 2.06. The number of hydrogen-bond donors (Lipinski definition) is 1. The van der Waals surface area contributed by atoms with Crippen LogP contribution >= 0.6 is 11.6 Å². The maximum Gasteiger partial charge on any atom is 0.0687 e. The van der Waals surface area contributed by atoms with E-state index in [1.54, 1.807) is 6.92 Å². The Morgan fingerprint density at radius 2 is 2.07 bits per heavy atom. The second-order valence-electron chi connectivity index (χ2n) is 3.34. The summed E-state index contributed by atoms with van der Waals surface area (Å²) in [5.74, 6) is 0. The molecule has 0 fully saturated rings. The van der Waals surface area contributed by atoms with Gasteiger partial charge in [0.05, 0.1) is 16.8 Å². The molecule has 1 aromatic carbocycles. The van der Waals surface area contributed by atoms with Crippen molar-refractivity contribution in [2.75, 3.05) is 18.0 Å². The van der Waals surface area contributed by atoms with Crippen molar-refractivity contribution in [3.63, 3.8) is 0 Å². The number of para-hydroxylation sites is 1. The lowest BCUT2D eigenvalue weighted by Gasteiger charge is -2.25. The maximum absolute atomic E-state index is 9.32. The molecule has 0 spiro atoms. The first-order valence-electron chi connectivity index (χ1n) is 4.82. The highest BCUT2D eigenvalue weighted by molar-refractivity contribution is 6.33. The molecular formula is C11H16ClNO. The molecule has 2 nitrogen and oxygen atoms in total. The van der Waals surface area contributed by atoms with Gasteiger partial charge in [0.25, 0.3) is 0 Å². The number of anilines is 1. The van der Waals surface area contributed by atoms with Crippen LogP contribution in [0.4, 0.5) is 5.69 Å². The van der Waals surface area contributed by atoms with Crippen LogP contribution < -0.4 is 4.90 Å². The van der Waals surface area contributed by atoms with E-state index in [4.69, 9.17) is 11.6 Å². The van der Waals surface area contributed by atoms with Gasteiger partial charge < -0.3 is 10.0 Å². The standard InChI is InChI=1S/C11H16ClNO/c1-3-13(8-9(2)14)11-7-5-4-6-10(11)12/h4-7,9,14H,3,8H2,1-2H3. The fourth-order valence-corrected chi connectivity index (χ4v) is 1.68. The van der Waals surface area contributed by atoms with Gasteiger partial charge in [0.1, 0.15) is 0 Å². The van der Waals surface area contributed by atoms with Gasteiger partial charge in [0.2, 0.25) is 0 Å². The molecule has 0 amide bonds. The summed E-state index contributed by atoms with van der Waals surface area (Å²) in [6, 6.07) is 7.68. The minimum absolute atomic E-state index is 0.341. The fraction of sp³-hybridized carbons (Fsp3) is 0.455. The molecule has 0 aliphatic carbocycles. The summed E-state index contributed by atoms with van der Waals surface area (Å²) in [6.45, 7) is 5.28. The highest BCUT2D eigenvalue weighted by atomic mass is 35.5. The Kier molecular flexibility index (Phi) is 4.23. The molecule has 1 aromatic rings. The monoisotopic (exact) mass is 213 g/mol. The van der Waals surface area contributed by atoms with E-state index >= 15 is 0 Å². The van der Waals surface area contributed by atoms with Crippen molar-refractivity contribution >= 4 is 17.3 Å². The fourth-order valence-electron chi connectivity index (χ4n) is 1.42. The average molecular weight is 214 g/mol. The summed E-state index contributed by atoms with van der Waals surface area (Å²) < 4.78 is 0. The van der Waals surface area contributed by atoms with Gasteiger partial charge in [-0.2, -0.15) is 0 Å². The Hall–Kier alpha value is -0.730. The molecule has 0 radical (unpaired) electrons. The van der Waals surface area contributed by atoms with Gasteiger partial charge in [-0.15, -0.1) is 0 Å². The van der Waals surface area contributed by atoms with Crippen LogP contribution in [0.1, 0.15) is 13.8 Å². The van der Waals surface area contributed by atoms with Crippen molar-refractivity contribution in [3.05, 3.63) is 29.3 Å². The molecule has 78 valence electrons. The third-order valence-electron chi connectivity index (χ3n) is 2.06. The van der Waals surface area contributed by atoms with E-state index in [-0.39, 0.29) is 6.10 Å². The van der Waals surface area contributed by atoms with Crippen LogP contribution in [0.25, 0.3) is 0 Å². The minimum Gasteiger partial charge on any atom is -0.392 e. The largest absolute Gasteiger partial charge is 0.392 e. The maximum atomic E-state index is 9.32. The van der Waals surface area contributed by atoms with E-state index < -0.39 is 0 Å². The first-order chi connectivity index (χ1) is 6.65. The highest BCUT2D eigenvalue weighted by Crippen LogP contribution is 2.24. The van der Waals surface area contributed by atoms with E-state index in [0.717, 1.165) is 17.3 Å². The molecule has 0 bridgehead atoms. The predicted octanol–water partition coefficient (Wildman–Crippen LogP) is 2.55. The molecule has 1 unspecified atom stereocenters. The lowest BCUT2D eigenvalue weighted by molar-refractivity contribution is 0.200. The molecular weight excluding hydrogens is 198 g/mol. The molecule has 3 heteroatoms. The van der Waals surface area contributed by atoms with E-state index in [1.165, 1.54) is 0 Å². The molecule has 0 aliphatic rings. The minimum atomic E-state index is -0.341. The number of aliphatic hydroxyl groups is 1. The van der Waals surface area contributed by atoms with Crippen molar-refractivity contribution in [2.24, 2.45) is 0 Å². The number of nitrogens with zero attached hydrogens (tertiary/aromatic N) is 1. The number of likely N-dealkylation sites (N-methyl/N-ethyl adjacent to an activating group) is 1. The number of aliphatic hydroxyl groups excluding tert-OH is 1. The van der Waals surface area contributed by atoms with Gasteiger partial charge in [0.15, 0.2) is 0 Å². The van der Waals surface area contributed by atoms with Crippen molar-refractivity contribution in [3.8, 4) is 0 Å². The first kappa shape index (κ1) is 11.3. The molecule has 0 aromatic heterocycles. The van der Waals surface area contributed by atoms with Crippen molar-refractivity contribution in [2.45, 2.75) is 20.0 Å². The zero-order valence-corrected chi connectivity index (χ0v) is 9.33. The summed E-state index contributed by atoms with van der Waals surface area (Å²) >= 11 is 6.06. The van der Waals surface area contributed by atoms with Crippen molar-refractivity contribution in [1.82, 2.24) is 0 Å². The van der Waals surface area contributed by atoms with Crippen LogP contribution in [-0.2, 0) is 0 Å². The van der Waals surface area contributed by atoms with Crippen molar-refractivity contribution in [1.29, 1.82) is 0 Å². The highest BCUT2D eigenvalue weighted by Gasteiger charge is 2.09. The van der Waals surface area contributed by atoms with Gasteiger partial charge in [-0.25, -0.2) is 0 Å². The second-order valence-corrected chi connectivity index (χ2v) is 3.75. The third-order valence-corrected chi connectivity index (χ3v) is 2.38. The van der Waals surface area contributed by atoms with Gasteiger partial charge in [0, 0.05) is 13.1 Å². The summed E-state index contributed by atoms with van der Waals surface area (Å²) in [5, 5.41) is 10.1. The van der Waals surface area contributed by atoms with Crippen LogP contribution in [0, 0.1) is 0 Å². The Morgan fingerprint density at radius 1 is 1.43 bits per heavy atom. The first-order valence-corrected chi connectivity index (χ1v) is 5.20. The topological polar surface area (TPSA) is 23.5 Å². The smallest absolute Gasteiger partial charge is 0.0687 e. The van der Waals surface area contributed by atoms with E-state index in [2.05, 4.69) is 4.90 Å². The quantitative estimate of drug-likeness (QED) is 0.831. The molecule has 14 heavy (non-hydrogen) atoms. The Morgan fingerprint density at radius 3 is 2.57 bits per heavy atom. The molecule has 1 N–H and O–H groups in total. The number of benzene rings is 1. The summed E-state index contributed by atoms with van der Waals surface area (Å²) in [5.41, 5.74) is 0.984. The third kappa shape index (κ3) is 2.89. The number of hydrogen-bond acceptors (Lipinski definition) is 2. The van der Waals surface area contributed by atoms with Gasteiger partial charge in [-0.1, -0.05) is 23.7 Å². The zero-order chi connectivity index (χ0) is 10.6. The molecule has 0 saturated heterocycles. The van der Waals surface area contributed by atoms with Gasteiger partial charge in [-0.05, 0) is 26.0 Å². The molecule has 1 rings (SSSR count). The van der Waals surface area contributed by atoms with E-state index in [9.17, 15) is 5.11 Å². The second kappa shape index (κ2) is 5.23. The van der Waals surface area contributed by atoms with Crippen LogP contribution in [0.2, 0.25) is 5.02 Å². The molecule has 1 atom stereocenters. The normalized spacial score (nSPS) is 12.6. The Labute approximate surface area is 90.1 Å². The van der Waals surface area contributed by atoms with Crippen LogP contribution in [0.3, 0.4) is 0 Å². The molecule has 0 heterocycles. The van der Waals surface area contributed by atoms with Crippen LogP contribution in [-0.4, -0.2) is 24.3 Å². The summed E-state index contributed by atoms with van der Waals surface area (Å²) in [6.07, 6.45) is -0.341. The predicted molar refractivity (Wildman–Crippen MR) is 61.0 cm³/mol. The van der Waals surface area contributed by atoms with Gasteiger partial charge >= 0.3 is 0 Å². The summed E-state index contributed by atoms with van der Waals surface area (Å²) in [7, 11) is 0. The molecule has 0 aliphatic heterocycles. The van der Waals surface area contributed by atoms with Gasteiger partial charge in [-0.3, -0.25) is 0 Å². The SMILES string of the molecule is CCN(CC(C)O)c1ccccc1Cl. The zero-order valence-electron chi connectivity index (χ0n) is 8.57. The molecule has 0 saturated carbocycles. The Balaban J connectivity index is 2.83.